The summed E-state index contributed by atoms with van der Waals surface area (Å²) in [6.07, 6.45) is -0.0751. The predicted octanol–water partition coefficient (Wildman–Crippen LogP) is 5.55. The van der Waals surface area contributed by atoms with Gasteiger partial charge in [0.15, 0.2) is 11.9 Å². The SMILES string of the molecule is COc1cc(C(=O)N2[C@H]3CC[C@@H]2[C@H](N)C3)cc2nc(-c3cc4ccc(C(NC(=O)C(C)(C)C)C(F)(F)F)nc4n3CC3CC3)c(C)n12. The van der Waals surface area contributed by atoms with E-state index in [1.807, 2.05) is 26.9 Å². The monoisotopic (exact) mass is 651 g/mol. The minimum Gasteiger partial charge on any atom is -0.482 e. The Bertz CT molecular complexity index is 1900. The number of nitrogens with one attached hydrogen (secondary N) is 1. The Balaban J connectivity index is 1.32. The highest BCUT2D eigenvalue weighted by Crippen LogP contribution is 2.41. The molecule has 2 amide bonds. The van der Waals surface area contributed by atoms with E-state index in [1.54, 1.807) is 46.1 Å². The molecule has 47 heavy (non-hydrogen) atoms. The Morgan fingerprint density at radius 3 is 2.43 bits per heavy atom. The van der Waals surface area contributed by atoms with Gasteiger partial charge in [-0.25, -0.2) is 9.97 Å². The molecule has 1 unspecified atom stereocenters. The van der Waals surface area contributed by atoms with Gasteiger partial charge in [0.2, 0.25) is 5.91 Å². The molecule has 0 aromatic carbocycles. The number of pyridine rings is 2. The Morgan fingerprint density at radius 2 is 1.83 bits per heavy atom. The van der Waals surface area contributed by atoms with E-state index in [4.69, 9.17) is 15.5 Å². The third-order valence-corrected chi connectivity index (χ3v) is 9.92. The second kappa shape index (κ2) is 11.0. The molecule has 3 fully saturated rings. The van der Waals surface area contributed by atoms with Crippen molar-refractivity contribution in [1.82, 2.24) is 29.2 Å². The van der Waals surface area contributed by atoms with E-state index < -0.39 is 23.5 Å². The van der Waals surface area contributed by atoms with Crippen LogP contribution in [0.5, 0.6) is 5.88 Å². The number of fused-ring (bicyclic) bond motifs is 4. The number of imidazole rings is 1. The van der Waals surface area contributed by atoms with E-state index in [0.29, 0.717) is 52.0 Å². The predicted molar refractivity (Wildman–Crippen MR) is 170 cm³/mol. The molecule has 0 spiro atoms. The van der Waals surface area contributed by atoms with Crippen molar-refractivity contribution in [1.29, 1.82) is 0 Å². The smallest absolute Gasteiger partial charge is 0.414 e. The van der Waals surface area contributed by atoms with Crippen molar-refractivity contribution in [2.75, 3.05) is 7.11 Å². The lowest BCUT2D eigenvalue weighted by atomic mass is 9.95. The summed E-state index contributed by atoms with van der Waals surface area (Å²) < 4.78 is 52.5. The number of rotatable bonds is 7. The molecular weight excluding hydrogens is 611 g/mol. The molecule has 13 heteroatoms. The largest absolute Gasteiger partial charge is 0.482 e. The van der Waals surface area contributed by atoms with Gasteiger partial charge in [0, 0.05) is 47.1 Å². The number of methoxy groups -OCH3 is 1. The van der Waals surface area contributed by atoms with Crippen LogP contribution >= 0.6 is 0 Å². The number of carbonyl (C=O) groups excluding carboxylic acids is 2. The van der Waals surface area contributed by atoms with Crippen LogP contribution in [0.4, 0.5) is 13.2 Å². The summed E-state index contributed by atoms with van der Waals surface area (Å²) in [7, 11) is 1.54. The lowest BCUT2D eigenvalue weighted by Crippen LogP contribution is -2.43. The fourth-order valence-corrected chi connectivity index (χ4v) is 7.21. The maximum Gasteiger partial charge on any atom is 0.414 e. The minimum absolute atomic E-state index is 0.0210. The zero-order valence-electron chi connectivity index (χ0n) is 27.2. The van der Waals surface area contributed by atoms with E-state index in [9.17, 15) is 22.8 Å². The molecule has 0 radical (unpaired) electrons. The molecule has 10 nitrogen and oxygen atoms in total. The first-order chi connectivity index (χ1) is 22.2. The number of nitrogens with two attached hydrogens (primary N) is 1. The number of aromatic nitrogens is 4. The molecular formula is C34H40F3N7O3. The third kappa shape index (κ3) is 5.41. The van der Waals surface area contributed by atoms with Crippen molar-refractivity contribution in [2.45, 2.75) is 96.7 Å². The van der Waals surface area contributed by atoms with Gasteiger partial charge >= 0.3 is 6.18 Å². The number of nitrogens with zero attached hydrogens (tertiary/aromatic N) is 5. The van der Waals surface area contributed by atoms with Gasteiger partial charge in [0.05, 0.1) is 24.2 Å². The second-order valence-corrected chi connectivity index (χ2v) is 14.4. The van der Waals surface area contributed by atoms with Crippen molar-refractivity contribution in [3.05, 3.63) is 47.3 Å². The molecule has 3 aliphatic rings. The highest BCUT2D eigenvalue weighted by Gasteiger charge is 2.47. The highest BCUT2D eigenvalue weighted by atomic mass is 19.4. The number of ether oxygens (including phenoxy) is 1. The van der Waals surface area contributed by atoms with Crippen LogP contribution in [0.2, 0.25) is 0 Å². The van der Waals surface area contributed by atoms with Gasteiger partial charge in [-0.05, 0) is 69.2 Å². The van der Waals surface area contributed by atoms with E-state index in [-0.39, 0.29) is 29.7 Å². The average Bonchev–Trinajstić information content (AvgIpc) is 3.33. The molecule has 4 aromatic heterocycles. The molecule has 1 saturated carbocycles. The molecule has 2 aliphatic heterocycles. The zero-order chi connectivity index (χ0) is 33.6. The van der Waals surface area contributed by atoms with Crippen LogP contribution in [0.1, 0.15) is 80.7 Å². The second-order valence-electron chi connectivity index (χ2n) is 14.4. The Labute approximate surface area is 270 Å². The lowest BCUT2D eigenvalue weighted by molar-refractivity contribution is -0.166. The summed E-state index contributed by atoms with van der Waals surface area (Å²) >= 11 is 0. The first-order valence-corrected chi connectivity index (χ1v) is 16.2. The van der Waals surface area contributed by atoms with Gasteiger partial charge in [-0.3, -0.25) is 14.0 Å². The normalized spacial score (nSPS) is 22.0. The minimum atomic E-state index is -4.75. The van der Waals surface area contributed by atoms with Gasteiger partial charge in [-0.1, -0.05) is 20.8 Å². The number of aryl methyl sites for hydroxylation is 1. The standard InChI is InChI=1S/C34H40F3N7O3/c1-17-28(40-26-13-20(14-27(47-5)43(17)26)31(45)44-21-9-11-24(44)22(38)15-21)25-12-19-8-10-23(39-30(19)42(25)16-18-6-7-18)29(34(35,36)37)41-32(46)33(2,3)4/h8,10,12-14,18,21-22,24,29H,6-7,9,11,15-16,38H2,1-5H3,(H,41,46)/t21-,22+,24+,29?/m0/s1. The first-order valence-electron chi connectivity index (χ1n) is 16.2. The van der Waals surface area contributed by atoms with Crippen LogP contribution in [0, 0.1) is 18.3 Å². The fraction of sp³-hybridized carbons (Fsp3) is 0.529. The maximum atomic E-state index is 14.3. The number of hydrogen-bond donors (Lipinski definition) is 2. The van der Waals surface area contributed by atoms with E-state index in [1.165, 1.54) is 6.07 Å². The summed E-state index contributed by atoms with van der Waals surface area (Å²) in [6, 6.07) is 6.21. The summed E-state index contributed by atoms with van der Waals surface area (Å²) in [6.45, 7) is 7.16. The van der Waals surface area contributed by atoms with E-state index >= 15 is 0 Å². The summed E-state index contributed by atoms with van der Waals surface area (Å²) in [4.78, 5) is 37.8. The Kier molecular flexibility index (Phi) is 7.34. The number of hydrogen-bond acceptors (Lipinski definition) is 6. The van der Waals surface area contributed by atoms with Gasteiger partial charge < -0.3 is 25.3 Å². The molecule has 250 valence electrons. The van der Waals surface area contributed by atoms with Crippen molar-refractivity contribution in [2.24, 2.45) is 17.1 Å². The van der Waals surface area contributed by atoms with Crippen molar-refractivity contribution in [3.63, 3.8) is 0 Å². The molecule has 6 heterocycles. The highest BCUT2D eigenvalue weighted by molar-refractivity contribution is 5.97. The summed E-state index contributed by atoms with van der Waals surface area (Å²) in [5.74, 6) is 0.00635. The zero-order valence-corrected chi connectivity index (χ0v) is 27.2. The lowest BCUT2D eigenvalue weighted by Gasteiger charge is -2.26. The first kappa shape index (κ1) is 31.5. The number of alkyl halides is 3. The van der Waals surface area contributed by atoms with Gasteiger partial charge in [-0.15, -0.1) is 0 Å². The van der Waals surface area contributed by atoms with Gasteiger partial charge in [0.1, 0.15) is 17.0 Å². The maximum absolute atomic E-state index is 14.3. The number of carbonyl (C=O) groups is 2. The van der Waals surface area contributed by atoms with Crippen LogP contribution in [0.3, 0.4) is 0 Å². The van der Waals surface area contributed by atoms with E-state index in [0.717, 1.165) is 37.8 Å². The van der Waals surface area contributed by atoms with Crippen molar-refractivity contribution in [3.8, 4) is 17.3 Å². The number of amides is 2. The van der Waals surface area contributed by atoms with Gasteiger partial charge in [0.25, 0.3) is 5.91 Å². The van der Waals surface area contributed by atoms with E-state index in [2.05, 4.69) is 10.3 Å². The topological polar surface area (TPSA) is 120 Å². The van der Waals surface area contributed by atoms with Crippen LogP contribution in [0.15, 0.2) is 30.3 Å². The third-order valence-electron chi connectivity index (χ3n) is 9.92. The fourth-order valence-electron chi connectivity index (χ4n) is 7.21. The van der Waals surface area contributed by atoms with Crippen LogP contribution in [-0.2, 0) is 11.3 Å². The molecule has 1 aliphatic carbocycles. The molecule has 4 aromatic rings. The Morgan fingerprint density at radius 1 is 1.09 bits per heavy atom. The number of halogens is 3. The summed E-state index contributed by atoms with van der Waals surface area (Å²) in [5, 5.41) is 2.83. The van der Waals surface area contributed by atoms with Gasteiger partial charge in [-0.2, -0.15) is 13.2 Å². The van der Waals surface area contributed by atoms with Crippen LogP contribution in [-0.4, -0.2) is 67.1 Å². The quantitative estimate of drug-likeness (QED) is 0.271. The average molecular weight is 652 g/mol. The molecule has 2 saturated heterocycles. The summed E-state index contributed by atoms with van der Waals surface area (Å²) in [5.41, 5.74) is 8.48. The molecule has 3 N–H and O–H groups in total. The van der Waals surface area contributed by atoms with Crippen LogP contribution < -0.4 is 15.8 Å². The molecule has 2 bridgehead atoms. The van der Waals surface area contributed by atoms with Crippen molar-refractivity contribution >= 4 is 28.5 Å². The van der Waals surface area contributed by atoms with Crippen LogP contribution in [0.25, 0.3) is 28.1 Å². The Hall–Kier alpha value is -4.13. The van der Waals surface area contributed by atoms with Crippen molar-refractivity contribution < 1.29 is 27.5 Å². The molecule has 7 rings (SSSR count). The molecule has 4 atom stereocenters.